The van der Waals surface area contributed by atoms with Gasteiger partial charge in [0, 0.05) is 18.5 Å². The molecule has 0 spiro atoms. The smallest absolute Gasteiger partial charge is 0.377 e. The molecular formula is C19H18F3N3O. The molecule has 0 saturated carbocycles. The number of aromatic nitrogens is 2. The van der Waals surface area contributed by atoms with E-state index in [2.05, 4.69) is 15.3 Å². The van der Waals surface area contributed by atoms with E-state index in [4.69, 9.17) is 4.74 Å². The highest BCUT2D eigenvalue weighted by Gasteiger charge is 2.35. The molecule has 0 aliphatic carbocycles. The lowest BCUT2D eigenvalue weighted by Gasteiger charge is -2.12. The van der Waals surface area contributed by atoms with Crippen molar-refractivity contribution in [3.8, 4) is 0 Å². The van der Waals surface area contributed by atoms with E-state index in [0.717, 1.165) is 11.1 Å². The predicted octanol–water partition coefficient (Wildman–Crippen LogP) is 4.80. The lowest BCUT2D eigenvalue weighted by Crippen LogP contribution is -2.13. The summed E-state index contributed by atoms with van der Waals surface area (Å²) in [5, 5.41) is 3.55. The summed E-state index contributed by atoms with van der Waals surface area (Å²) in [7, 11) is 0. The highest BCUT2D eigenvalue weighted by atomic mass is 19.4. The number of alkyl halides is 3. The molecule has 3 aromatic rings. The summed E-state index contributed by atoms with van der Waals surface area (Å²) in [5.41, 5.74) is 2.23. The van der Waals surface area contributed by atoms with Gasteiger partial charge < -0.3 is 10.1 Å². The van der Waals surface area contributed by atoms with Crippen molar-refractivity contribution >= 4 is 16.7 Å². The minimum atomic E-state index is -4.60. The molecule has 0 fully saturated rings. The number of ether oxygens (including phenoxy) is 1. The lowest BCUT2D eigenvalue weighted by molar-refractivity contribution is -0.144. The Labute approximate surface area is 149 Å². The van der Waals surface area contributed by atoms with Crippen molar-refractivity contribution in [2.45, 2.75) is 26.3 Å². The first-order valence-corrected chi connectivity index (χ1v) is 8.21. The van der Waals surface area contributed by atoms with Gasteiger partial charge in [-0.05, 0) is 30.2 Å². The van der Waals surface area contributed by atoms with Crippen LogP contribution in [0, 0.1) is 0 Å². The zero-order valence-electron chi connectivity index (χ0n) is 14.2. The van der Waals surface area contributed by atoms with Crippen molar-refractivity contribution in [1.29, 1.82) is 0 Å². The number of anilines is 1. The van der Waals surface area contributed by atoms with Crippen LogP contribution in [0.5, 0.6) is 0 Å². The molecule has 0 aliphatic heterocycles. The molecule has 26 heavy (non-hydrogen) atoms. The van der Waals surface area contributed by atoms with Crippen LogP contribution in [-0.2, 0) is 24.1 Å². The Morgan fingerprint density at radius 2 is 1.65 bits per heavy atom. The second-order valence-electron chi connectivity index (χ2n) is 5.72. The van der Waals surface area contributed by atoms with Crippen molar-refractivity contribution in [2.75, 3.05) is 11.9 Å². The van der Waals surface area contributed by atoms with Gasteiger partial charge in [-0.2, -0.15) is 13.2 Å². The van der Waals surface area contributed by atoms with E-state index in [1.54, 1.807) is 24.3 Å². The maximum atomic E-state index is 13.0. The largest absolute Gasteiger partial charge is 0.451 e. The fourth-order valence-corrected chi connectivity index (χ4v) is 2.50. The monoisotopic (exact) mass is 361 g/mol. The molecule has 7 heteroatoms. The Bertz CT molecular complexity index is 879. The zero-order valence-corrected chi connectivity index (χ0v) is 14.2. The van der Waals surface area contributed by atoms with E-state index in [9.17, 15) is 13.2 Å². The van der Waals surface area contributed by atoms with Crippen LogP contribution in [0.2, 0.25) is 0 Å². The molecule has 0 unspecified atom stereocenters. The van der Waals surface area contributed by atoms with Crippen LogP contribution >= 0.6 is 0 Å². The first kappa shape index (κ1) is 18.1. The topological polar surface area (TPSA) is 47.0 Å². The molecule has 1 heterocycles. The number of hydrogen-bond donors (Lipinski definition) is 1. The number of benzene rings is 2. The average molecular weight is 361 g/mol. The summed E-state index contributed by atoms with van der Waals surface area (Å²) in [4.78, 5) is 7.29. The minimum Gasteiger partial charge on any atom is -0.377 e. The first-order valence-electron chi connectivity index (χ1n) is 8.21. The van der Waals surface area contributed by atoms with Gasteiger partial charge in [-0.25, -0.2) is 9.97 Å². The quantitative estimate of drug-likeness (QED) is 0.685. The molecule has 0 bridgehead atoms. The number of halogens is 3. The summed E-state index contributed by atoms with van der Waals surface area (Å²) >= 11 is 0. The molecule has 2 aromatic carbocycles. The van der Waals surface area contributed by atoms with Crippen molar-refractivity contribution in [3.05, 3.63) is 65.5 Å². The highest BCUT2D eigenvalue weighted by molar-refractivity contribution is 5.89. The molecule has 3 rings (SSSR count). The van der Waals surface area contributed by atoms with Gasteiger partial charge in [0.25, 0.3) is 0 Å². The third-order valence-corrected chi connectivity index (χ3v) is 3.81. The summed E-state index contributed by atoms with van der Waals surface area (Å²) < 4.78 is 44.5. The van der Waals surface area contributed by atoms with Crippen molar-refractivity contribution in [3.63, 3.8) is 0 Å². The second kappa shape index (κ2) is 7.70. The van der Waals surface area contributed by atoms with Crippen molar-refractivity contribution in [1.82, 2.24) is 9.97 Å². The van der Waals surface area contributed by atoms with E-state index in [0.29, 0.717) is 25.1 Å². The number of para-hydroxylation sites is 1. The molecular weight excluding hydrogens is 343 g/mol. The zero-order chi connectivity index (χ0) is 18.6. The predicted molar refractivity (Wildman–Crippen MR) is 93.6 cm³/mol. The Morgan fingerprint density at radius 1 is 0.962 bits per heavy atom. The summed E-state index contributed by atoms with van der Waals surface area (Å²) in [6.45, 7) is 3.47. The lowest BCUT2D eigenvalue weighted by atomic mass is 10.1. The van der Waals surface area contributed by atoms with Gasteiger partial charge >= 0.3 is 6.18 Å². The molecule has 4 nitrogen and oxygen atoms in total. The summed E-state index contributed by atoms with van der Waals surface area (Å²) in [6.07, 6.45) is -4.60. The Balaban J connectivity index is 1.81. The Morgan fingerprint density at radius 3 is 2.35 bits per heavy atom. The van der Waals surface area contributed by atoms with Crippen LogP contribution in [0.15, 0.2) is 48.5 Å². The fraction of sp³-hybridized carbons (Fsp3) is 0.263. The summed E-state index contributed by atoms with van der Waals surface area (Å²) in [5.74, 6) is -0.980. The van der Waals surface area contributed by atoms with Crippen molar-refractivity contribution < 1.29 is 17.9 Å². The van der Waals surface area contributed by atoms with E-state index in [-0.39, 0.29) is 11.3 Å². The molecule has 0 atom stereocenters. The van der Waals surface area contributed by atoms with Gasteiger partial charge in [-0.15, -0.1) is 0 Å². The third kappa shape index (κ3) is 4.29. The Hall–Kier alpha value is -2.67. The number of nitrogens with zero attached hydrogens (tertiary/aromatic N) is 2. The normalized spacial score (nSPS) is 11.7. The number of hydrogen-bond acceptors (Lipinski definition) is 4. The van der Waals surface area contributed by atoms with E-state index < -0.39 is 12.0 Å². The van der Waals surface area contributed by atoms with Crippen LogP contribution in [0.1, 0.15) is 23.9 Å². The minimum absolute atomic E-state index is 0.168. The van der Waals surface area contributed by atoms with Crippen LogP contribution in [0.4, 0.5) is 19.0 Å². The van der Waals surface area contributed by atoms with Crippen molar-refractivity contribution in [2.24, 2.45) is 0 Å². The van der Waals surface area contributed by atoms with Crippen LogP contribution in [-0.4, -0.2) is 16.6 Å². The fourth-order valence-electron chi connectivity index (χ4n) is 2.50. The highest BCUT2D eigenvalue weighted by Crippen LogP contribution is 2.30. The summed E-state index contributed by atoms with van der Waals surface area (Å²) in [6, 6.07) is 14.3. The molecule has 136 valence electrons. The number of rotatable bonds is 6. The molecule has 0 radical (unpaired) electrons. The van der Waals surface area contributed by atoms with Gasteiger partial charge in [0.15, 0.2) is 0 Å². The van der Waals surface area contributed by atoms with Crippen LogP contribution in [0.25, 0.3) is 10.9 Å². The second-order valence-corrected chi connectivity index (χ2v) is 5.72. The third-order valence-electron chi connectivity index (χ3n) is 3.81. The van der Waals surface area contributed by atoms with Crippen LogP contribution < -0.4 is 5.32 Å². The molecule has 0 amide bonds. The van der Waals surface area contributed by atoms with E-state index >= 15 is 0 Å². The Kier molecular flexibility index (Phi) is 5.37. The first-order chi connectivity index (χ1) is 12.5. The number of fused-ring (bicyclic) bond motifs is 1. The van der Waals surface area contributed by atoms with E-state index in [1.807, 2.05) is 31.2 Å². The maximum Gasteiger partial charge on any atom is 0.451 e. The molecule has 0 saturated heterocycles. The van der Waals surface area contributed by atoms with Crippen LogP contribution in [0.3, 0.4) is 0 Å². The molecule has 0 aliphatic rings. The average Bonchev–Trinajstić information content (AvgIpc) is 2.64. The van der Waals surface area contributed by atoms with Gasteiger partial charge in [0.05, 0.1) is 12.1 Å². The van der Waals surface area contributed by atoms with Gasteiger partial charge in [0.2, 0.25) is 5.82 Å². The van der Waals surface area contributed by atoms with Gasteiger partial charge in [0.1, 0.15) is 5.82 Å². The van der Waals surface area contributed by atoms with E-state index in [1.165, 1.54) is 0 Å². The number of nitrogens with one attached hydrogen (secondary N) is 1. The maximum absolute atomic E-state index is 13.0. The van der Waals surface area contributed by atoms with Gasteiger partial charge in [-0.3, -0.25) is 0 Å². The molecule has 1 aromatic heterocycles. The SMILES string of the molecule is CCOCc1ccc(CNc2nc(C(F)(F)F)nc3ccccc23)cc1. The standard InChI is InChI=1S/C19H18F3N3O/c1-2-26-12-14-9-7-13(8-10-14)11-23-17-15-5-3-4-6-16(15)24-18(25-17)19(20,21)22/h3-10H,2,11-12H2,1H3,(H,23,24,25). The molecule has 1 N–H and O–H groups in total. The van der Waals surface area contributed by atoms with Gasteiger partial charge in [-0.1, -0.05) is 36.4 Å².